The van der Waals surface area contributed by atoms with Crippen molar-refractivity contribution in [3.63, 3.8) is 0 Å². The molecule has 1 aliphatic heterocycles. The van der Waals surface area contributed by atoms with Gasteiger partial charge < -0.3 is 9.47 Å². The van der Waals surface area contributed by atoms with Crippen LogP contribution in [-0.4, -0.2) is 24.9 Å². The van der Waals surface area contributed by atoms with Crippen molar-refractivity contribution in [2.75, 3.05) is 19.1 Å². The van der Waals surface area contributed by atoms with Crippen LogP contribution >= 0.6 is 11.6 Å². The smallest absolute Gasteiger partial charge is 0.166 e. The molecule has 0 unspecified atom stereocenters. The zero-order valence-electron chi connectivity index (χ0n) is 7.23. The monoisotopic (exact) mass is 188 g/mol. The lowest BCUT2D eigenvalue weighted by Crippen LogP contribution is -2.24. The van der Waals surface area contributed by atoms with E-state index in [4.69, 9.17) is 21.1 Å². The van der Waals surface area contributed by atoms with Gasteiger partial charge in [-0.15, -0.1) is 17.5 Å². The molecule has 12 heavy (non-hydrogen) atoms. The van der Waals surface area contributed by atoms with E-state index in [1.54, 1.807) is 0 Å². The molecule has 0 aliphatic carbocycles. The van der Waals surface area contributed by atoms with Crippen molar-refractivity contribution in [1.82, 2.24) is 0 Å². The Morgan fingerprint density at radius 2 is 2.00 bits per heavy atom. The first kappa shape index (κ1) is 9.85. The van der Waals surface area contributed by atoms with Gasteiger partial charge in [0.25, 0.3) is 0 Å². The number of ether oxygens (including phenoxy) is 2. The Hall–Kier alpha value is -0.230. The summed E-state index contributed by atoms with van der Waals surface area (Å²) >= 11 is 5.40. The lowest BCUT2D eigenvalue weighted by molar-refractivity contribution is -0.145. The van der Waals surface area contributed by atoms with E-state index in [1.165, 1.54) is 0 Å². The fourth-order valence-electron chi connectivity index (χ4n) is 1.13. The van der Waals surface area contributed by atoms with Crippen LogP contribution < -0.4 is 0 Å². The van der Waals surface area contributed by atoms with E-state index in [1.807, 2.05) is 6.92 Å². The second kappa shape index (κ2) is 4.71. The van der Waals surface area contributed by atoms with Crippen LogP contribution in [0, 0.1) is 11.8 Å². The third-order valence-electron chi connectivity index (χ3n) is 1.79. The van der Waals surface area contributed by atoms with Crippen LogP contribution in [0.5, 0.6) is 0 Å². The van der Waals surface area contributed by atoms with Crippen molar-refractivity contribution in [2.45, 2.75) is 25.6 Å². The summed E-state index contributed by atoms with van der Waals surface area (Å²) < 4.78 is 10.8. The maximum Gasteiger partial charge on any atom is 0.166 e. The summed E-state index contributed by atoms with van der Waals surface area (Å²) in [5.74, 6) is 5.74. The molecule has 1 saturated heterocycles. The lowest BCUT2D eigenvalue weighted by Gasteiger charge is -2.20. The molecule has 1 aliphatic rings. The second-order valence-electron chi connectivity index (χ2n) is 2.82. The summed E-state index contributed by atoms with van der Waals surface area (Å²) in [6, 6.07) is 0. The van der Waals surface area contributed by atoms with Crippen LogP contribution in [0.1, 0.15) is 19.8 Å². The van der Waals surface area contributed by atoms with Gasteiger partial charge >= 0.3 is 0 Å². The molecular formula is C9H13ClO2. The molecule has 0 N–H and O–H groups in total. The molecule has 1 rings (SSSR count). The Kier molecular flexibility index (Phi) is 3.87. The number of halogens is 1. The molecular weight excluding hydrogens is 176 g/mol. The molecule has 0 radical (unpaired) electrons. The molecule has 0 amide bonds. The molecule has 0 aromatic rings. The van der Waals surface area contributed by atoms with Gasteiger partial charge in [0.1, 0.15) is 0 Å². The molecule has 0 aromatic heterocycles. The summed E-state index contributed by atoms with van der Waals surface area (Å²) in [5, 5.41) is 0. The van der Waals surface area contributed by atoms with Crippen molar-refractivity contribution < 1.29 is 9.47 Å². The molecule has 0 saturated carbocycles. The van der Waals surface area contributed by atoms with Crippen molar-refractivity contribution in [1.29, 1.82) is 0 Å². The predicted octanol–water partition coefficient (Wildman–Crippen LogP) is 1.77. The second-order valence-corrected chi connectivity index (χ2v) is 3.09. The van der Waals surface area contributed by atoms with E-state index in [2.05, 4.69) is 11.8 Å². The number of alkyl halides is 1. The van der Waals surface area contributed by atoms with Gasteiger partial charge in [-0.2, -0.15) is 0 Å². The zero-order valence-corrected chi connectivity index (χ0v) is 7.99. The summed E-state index contributed by atoms with van der Waals surface area (Å²) in [4.78, 5) is 0. The van der Waals surface area contributed by atoms with Gasteiger partial charge in [-0.1, -0.05) is 5.92 Å². The fourth-order valence-corrected chi connectivity index (χ4v) is 1.22. The summed E-state index contributed by atoms with van der Waals surface area (Å²) in [6.07, 6.45) is 1.60. The number of hydrogen-bond donors (Lipinski definition) is 0. The van der Waals surface area contributed by atoms with E-state index >= 15 is 0 Å². The van der Waals surface area contributed by atoms with Crippen molar-refractivity contribution in [3.8, 4) is 11.8 Å². The molecule has 0 bridgehead atoms. The van der Waals surface area contributed by atoms with Gasteiger partial charge in [0, 0.05) is 12.8 Å². The molecule has 1 fully saturated rings. The van der Waals surface area contributed by atoms with Crippen molar-refractivity contribution >= 4 is 11.6 Å². The fraction of sp³-hybridized carbons (Fsp3) is 0.778. The van der Waals surface area contributed by atoms with E-state index < -0.39 is 5.79 Å². The van der Waals surface area contributed by atoms with Crippen LogP contribution in [0.25, 0.3) is 0 Å². The van der Waals surface area contributed by atoms with Crippen LogP contribution in [0.15, 0.2) is 0 Å². The van der Waals surface area contributed by atoms with Crippen molar-refractivity contribution in [3.05, 3.63) is 0 Å². The Morgan fingerprint density at radius 3 is 2.58 bits per heavy atom. The van der Waals surface area contributed by atoms with Crippen LogP contribution in [-0.2, 0) is 9.47 Å². The number of rotatable bonds is 2. The normalized spacial score (nSPS) is 20.2. The molecule has 68 valence electrons. The highest BCUT2D eigenvalue weighted by molar-refractivity contribution is 6.19. The van der Waals surface area contributed by atoms with Gasteiger partial charge in [0.2, 0.25) is 0 Å². The Bertz CT molecular complexity index is 186. The van der Waals surface area contributed by atoms with Crippen LogP contribution in [0.4, 0.5) is 0 Å². The predicted molar refractivity (Wildman–Crippen MR) is 48.0 cm³/mol. The van der Waals surface area contributed by atoms with E-state index in [0.717, 1.165) is 12.8 Å². The zero-order chi connectivity index (χ0) is 8.86. The van der Waals surface area contributed by atoms with Gasteiger partial charge in [-0.05, 0) is 6.92 Å². The van der Waals surface area contributed by atoms with Gasteiger partial charge in [-0.25, -0.2) is 0 Å². The third kappa shape index (κ3) is 3.02. The largest absolute Gasteiger partial charge is 0.348 e. The van der Waals surface area contributed by atoms with Crippen LogP contribution in [0.3, 0.4) is 0 Å². The van der Waals surface area contributed by atoms with E-state index in [9.17, 15) is 0 Å². The van der Waals surface area contributed by atoms with Gasteiger partial charge in [0.05, 0.1) is 19.1 Å². The van der Waals surface area contributed by atoms with E-state index in [0.29, 0.717) is 19.1 Å². The summed E-state index contributed by atoms with van der Waals surface area (Å²) in [5.41, 5.74) is 0. The minimum Gasteiger partial charge on any atom is -0.348 e. The Morgan fingerprint density at radius 1 is 1.33 bits per heavy atom. The lowest BCUT2D eigenvalue weighted by atomic mass is 10.2. The average molecular weight is 189 g/mol. The minimum absolute atomic E-state index is 0.401. The van der Waals surface area contributed by atoms with E-state index in [-0.39, 0.29) is 0 Å². The first-order chi connectivity index (χ1) is 5.77. The van der Waals surface area contributed by atoms with Gasteiger partial charge in [-0.3, -0.25) is 0 Å². The quantitative estimate of drug-likeness (QED) is 0.486. The molecule has 0 atom stereocenters. The third-order valence-corrected chi connectivity index (χ3v) is 1.93. The topological polar surface area (TPSA) is 18.5 Å². The SMILES string of the molecule is CC1(CCC#CCCl)OCCO1. The van der Waals surface area contributed by atoms with Crippen molar-refractivity contribution in [2.24, 2.45) is 0 Å². The summed E-state index contributed by atoms with van der Waals surface area (Å²) in [7, 11) is 0. The maximum atomic E-state index is 5.40. The highest BCUT2D eigenvalue weighted by Crippen LogP contribution is 2.23. The first-order valence-electron chi connectivity index (χ1n) is 4.06. The molecule has 0 aromatic carbocycles. The standard InChI is InChI=1S/C9H13ClO2/c1-9(11-7-8-12-9)5-3-2-4-6-10/h3,5-8H2,1H3. The Labute approximate surface area is 78.2 Å². The highest BCUT2D eigenvalue weighted by atomic mass is 35.5. The summed E-state index contributed by atoms with van der Waals surface area (Å²) in [6.45, 7) is 3.33. The Balaban J connectivity index is 2.21. The van der Waals surface area contributed by atoms with Gasteiger partial charge in [0.15, 0.2) is 5.79 Å². The molecule has 0 spiro atoms. The number of hydrogen-bond acceptors (Lipinski definition) is 2. The molecule has 1 heterocycles. The highest BCUT2D eigenvalue weighted by Gasteiger charge is 2.29. The average Bonchev–Trinajstić information content (AvgIpc) is 2.47. The minimum atomic E-state index is -0.402. The maximum absolute atomic E-state index is 5.40. The molecule has 3 heteroatoms. The first-order valence-corrected chi connectivity index (χ1v) is 4.60. The van der Waals surface area contributed by atoms with Crippen LogP contribution in [0.2, 0.25) is 0 Å². The molecule has 2 nitrogen and oxygen atoms in total.